The normalized spacial score (nSPS) is 13.4. The molecular formula is C10H17N3O3S. The van der Waals surface area contributed by atoms with Gasteiger partial charge in [0.25, 0.3) is 0 Å². The van der Waals surface area contributed by atoms with Crippen molar-refractivity contribution in [3.8, 4) is 0 Å². The summed E-state index contributed by atoms with van der Waals surface area (Å²) in [4.78, 5) is -0.0763. The van der Waals surface area contributed by atoms with Crippen molar-refractivity contribution in [3.05, 3.63) is 18.2 Å². The van der Waals surface area contributed by atoms with E-state index in [1.807, 2.05) is 6.92 Å². The molecule has 0 aliphatic heterocycles. The molecule has 96 valence electrons. The number of nitrogens with one attached hydrogen (secondary N) is 1. The molecule has 1 aromatic carbocycles. The van der Waals surface area contributed by atoms with Gasteiger partial charge in [-0.2, -0.15) is 0 Å². The highest BCUT2D eigenvalue weighted by atomic mass is 32.2. The van der Waals surface area contributed by atoms with Crippen molar-refractivity contribution < 1.29 is 13.2 Å². The van der Waals surface area contributed by atoms with Crippen molar-refractivity contribution in [1.29, 1.82) is 0 Å². The molecule has 0 saturated heterocycles. The molecule has 0 saturated carbocycles. The van der Waals surface area contributed by atoms with Crippen molar-refractivity contribution in [2.75, 3.05) is 24.7 Å². The molecule has 17 heavy (non-hydrogen) atoms. The number of hydrogen-bond donors (Lipinski definition) is 3. The van der Waals surface area contributed by atoms with Gasteiger partial charge in [0.2, 0.25) is 10.0 Å². The van der Waals surface area contributed by atoms with Gasteiger partial charge in [0.15, 0.2) is 0 Å². The van der Waals surface area contributed by atoms with E-state index in [1.54, 1.807) is 19.2 Å². The lowest BCUT2D eigenvalue weighted by Gasteiger charge is -2.14. The SMILES string of the molecule is COC(C)CNc1cccc(S(N)(=O)=O)c1N. The highest BCUT2D eigenvalue weighted by Gasteiger charge is 2.14. The predicted octanol–water partition coefficient (Wildman–Crippen LogP) is 0.363. The van der Waals surface area contributed by atoms with Crippen LogP contribution in [0.2, 0.25) is 0 Å². The van der Waals surface area contributed by atoms with E-state index in [4.69, 9.17) is 15.6 Å². The molecule has 0 amide bonds. The first-order valence-electron chi connectivity index (χ1n) is 5.04. The Hall–Kier alpha value is -1.31. The van der Waals surface area contributed by atoms with Gasteiger partial charge in [0, 0.05) is 13.7 Å². The van der Waals surface area contributed by atoms with E-state index in [0.29, 0.717) is 12.2 Å². The Bertz CT molecular complexity index is 488. The quantitative estimate of drug-likeness (QED) is 0.662. The Kier molecular flexibility index (Phi) is 4.33. The van der Waals surface area contributed by atoms with Gasteiger partial charge in [0.05, 0.1) is 17.5 Å². The molecular weight excluding hydrogens is 242 g/mol. The Balaban J connectivity index is 2.96. The third kappa shape index (κ3) is 3.58. The van der Waals surface area contributed by atoms with Gasteiger partial charge in [-0.05, 0) is 19.1 Å². The first-order chi connectivity index (χ1) is 7.86. The van der Waals surface area contributed by atoms with Crippen LogP contribution in [0, 0.1) is 0 Å². The summed E-state index contributed by atoms with van der Waals surface area (Å²) in [5.41, 5.74) is 6.39. The van der Waals surface area contributed by atoms with Crippen LogP contribution < -0.4 is 16.2 Å². The lowest BCUT2D eigenvalue weighted by Crippen LogP contribution is -2.20. The number of rotatable bonds is 5. The molecule has 0 bridgehead atoms. The zero-order chi connectivity index (χ0) is 13.1. The van der Waals surface area contributed by atoms with Crippen LogP contribution >= 0.6 is 0 Å². The molecule has 1 aromatic rings. The number of ether oxygens (including phenoxy) is 1. The molecule has 1 unspecified atom stereocenters. The summed E-state index contributed by atoms with van der Waals surface area (Å²) < 4.78 is 27.6. The van der Waals surface area contributed by atoms with Crippen molar-refractivity contribution in [2.45, 2.75) is 17.9 Å². The summed E-state index contributed by atoms with van der Waals surface area (Å²) in [5.74, 6) is 0. The third-order valence-corrected chi connectivity index (χ3v) is 3.32. The first kappa shape index (κ1) is 13.8. The molecule has 0 aliphatic carbocycles. The van der Waals surface area contributed by atoms with E-state index in [-0.39, 0.29) is 16.7 Å². The Morgan fingerprint density at radius 1 is 1.47 bits per heavy atom. The number of primary sulfonamides is 1. The second-order valence-electron chi connectivity index (χ2n) is 3.69. The van der Waals surface area contributed by atoms with Crippen LogP contribution in [0.5, 0.6) is 0 Å². The van der Waals surface area contributed by atoms with E-state index in [0.717, 1.165) is 0 Å². The number of hydrogen-bond acceptors (Lipinski definition) is 5. The molecule has 5 N–H and O–H groups in total. The van der Waals surface area contributed by atoms with Gasteiger partial charge in [-0.3, -0.25) is 0 Å². The maximum atomic E-state index is 11.2. The van der Waals surface area contributed by atoms with Crippen LogP contribution in [0.15, 0.2) is 23.1 Å². The summed E-state index contributed by atoms with van der Waals surface area (Å²) in [6.45, 7) is 2.40. The minimum Gasteiger partial charge on any atom is -0.396 e. The fourth-order valence-electron chi connectivity index (χ4n) is 1.28. The average Bonchev–Trinajstić information content (AvgIpc) is 2.25. The predicted molar refractivity (Wildman–Crippen MR) is 67.2 cm³/mol. The Morgan fingerprint density at radius 2 is 2.12 bits per heavy atom. The van der Waals surface area contributed by atoms with E-state index in [9.17, 15) is 8.42 Å². The third-order valence-electron chi connectivity index (χ3n) is 2.35. The van der Waals surface area contributed by atoms with Crippen LogP contribution in [0.25, 0.3) is 0 Å². The van der Waals surface area contributed by atoms with Gasteiger partial charge in [-0.15, -0.1) is 0 Å². The topological polar surface area (TPSA) is 107 Å². The number of anilines is 2. The van der Waals surface area contributed by atoms with Crippen molar-refractivity contribution in [2.24, 2.45) is 5.14 Å². The Morgan fingerprint density at radius 3 is 2.65 bits per heavy atom. The molecule has 7 heteroatoms. The van der Waals surface area contributed by atoms with E-state index in [1.165, 1.54) is 6.07 Å². The van der Waals surface area contributed by atoms with E-state index < -0.39 is 10.0 Å². The number of methoxy groups -OCH3 is 1. The molecule has 0 spiro atoms. The van der Waals surface area contributed by atoms with Gasteiger partial charge < -0.3 is 15.8 Å². The zero-order valence-electron chi connectivity index (χ0n) is 9.80. The molecule has 0 heterocycles. The fourth-order valence-corrected chi connectivity index (χ4v) is 1.97. The number of benzene rings is 1. The van der Waals surface area contributed by atoms with Gasteiger partial charge in [0.1, 0.15) is 4.90 Å². The minimum atomic E-state index is -3.80. The van der Waals surface area contributed by atoms with Crippen molar-refractivity contribution in [3.63, 3.8) is 0 Å². The molecule has 0 fully saturated rings. The average molecular weight is 259 g/mol. The maximum absolute atomic E-state index is 11.2. The fraction of sp³-hybridized carbons (Fsp3) is 0.400. The number of nitrogens with two attached hydrogens (primary N) is 2. The van der Waals surface area contributed by atoms with E-state index in [2.05, 4.69) is 5.32 Å². The minimum absolute atomic E-state index is 0.00691. The number of nitrogen functional groups attached to an aromatic ring is 1. The number of para-hydroxylation sites is 1. The molecule has 0 aromatic heterocycles. The second-order valence-corrected chi connectivity index (χ2v) is 5.22. The van der Waals surface area contributed by atoms with Crippen LogP contribution in [0.4, 0.5) is 11.4 Å². The van der Waals surface area contributed by atoms with Gasteiger partial charge in [-0.25, -0.2) is 13.6 Å². The first-order valence-corrected chi connectivity index (χ1v) is 6.59. The molecule has 0 aliphatic rings. The van der Waals surface area contributed by atoms with E-state index >= 15 is 0 Å². The Labute approximate surface area is 101 Å². The molecule has 1 atom stereocenters. The van der Waals surface area contributed by atoms with Crippen LogP contribution in [0.1, 0.15) is 6.92 Å². The van der Waals surface area contributed by atoms with Crippen LogP contribution in [-0.2, 0) is 14.8 Å². The summed E-state index contributed by atoms with van der Waals surface area (Å²) >= 11 is 0. The summed E-state index contributed by atoms with van der Waals surface area (Å²) in [5, 5.41) is 8.05. The smallest absolute Gasteiger partial charge is 0.240 e. The maximum Gasteiger partial charge on any atom is 0.240 e. The van der Waals surface area contributed by atoms with Gasteiger partial charge >= 0.3 is 0 Å². The summed E-state index contributed by atoms with van der Waals surface area (Å²) in [6, 6.07) is 4.64. The highest BCUT2D eigenvalue weighted by molar-refractivity contribution is 7.89. The lowest BCUT2D eigenvalue weighted by atomic mass is 10.2. The van der Waals surface area contributed by atoms with Crippen molar-refractivity contribution in [1.82, 2.24) is 0 Å². The summed E-state index contributed by atoms with van der Waals surface area (Å²) in [7, 11) is -2.20. The van der Waals surface area contributed by atoms with Gasteiger partial charge in [-0.1, -0.05) is 6.07 Å². The standard InChI is InChI=1S/C10H17N3O3S/c1-7(16-2)6-13-8-4-3-5-9(10(8)11)17(12,14)15/h3-5,7,13H,6,11H2,1-2H3,(H2,12,14,15). The van der Waals surface area contributed by atoms with Crippen molar-refractivity contribution >= 4 is 21.4 Å². The van der Waals surface area contributed by atoms with Crippen LogP contribution in [0.3, 0.4) is 0 Å². The summed E-state index contributed by atoms with van der Waals surface area (Å²) in [6.07, 6.45) is -0.00691. The monoisotopic (exact) mass is 259 g/mol. The molecule has 0 radical (unpaired) electrons. The molecule has 6 nitrogen and oxygen atoms in total. The number of sulfonamides is 1. The zero-order valence-corrected chi connectivity index (χ0v) is 10.6. The highest BCUT2D eigenvalue weighted by Crippen LogP contribution is 2.25. The largest absolute Gasteiger partial charge is 0.396 e. The second kappa shape index (κ2) is 5.35. The van der Waals surface area contributed by atoms with Crippen LogP contribution in [-0.4, -0.2) is 28.2 Å². The lowest BCUT2D eigenvalue weighted by molar-refractivity contribution is 0.129. The molecule has 1 rings (SSSR count).